The number of aliphatic hydroxyl groups excluding tert-OH is 2. The molecule has 1 aromatic carbocycles. The normalized spacial score (nSPS) is 34.8. The van der Waals surface area contributed by atoms with Crippen LogP contribution in [-0.4, -0.2) is 51.7 Å². The van der Waals surface area contributed by atoms with Crippen molar-refractivity contribution in [3.05, 3.63) is 35.9 Å². The standard InChI is InChI=1S/C17H21NO6/c1-16(2)18-15(22)17(24-16)8-11(19)13(20)12(9-17)23-14(21)10-6-4-3-5-7-10/h3-7,11-13,19-20H,8-9H2,1-2H3,(H,18,22). The molecule has 0 bridgehead atoms. The van der Waals surface area contributed by atoms with Crippen LogP contribution in [-0.2, 0) is 14.3 Å². The summed E-state index contributed by atoms with van der Waals surface area (Å²) in [5.74, 6) is -0.999. The molecular weight excluding hydrogens is 314 g/mol. The van der Waals surface area contributed by atoms with Crippen LogP contribution in [0.1, 0.15) is 37.0 Å². The Morgan fingerprint density at radius 3 is 2.50 bits per heavy atom. The second kappa shape index (κ2) is 5.84. The fraction of sp³-hybridized carbons (Fsp3) is 0.529. The summed E-state index contributed by atoms with van der Waals surface area (Å²) >= 11 is 0. The molecule has 1 saturated carbocycles. The van der Waals surface area contributed by atoms with Gasteiger partial charge in [0.25, 0.3) is 5.91 Å². The summed E-state index contributed by atoms with van der Waals surface area (Å²) in [5, 5.41) is 23.0. The van der Waals surface area contributed by atoms with E-state index in [1.165, 1.54) is 0 Å². The van der Waals surface area contributed by atoms with Crippen LogP contribution >= 0.6 is 0 Å². The minimum Gasteiger partial charge on any atom is -0.456 e. The first-order valence-electron chi connectivity index (χ1n) is 7.87. The van der Waals surface area contributed by atoms with E-state index in [1.54, 1.807) is 44.2 Å². The van der Waals surface area contributed by atoms with Crippen molar-refractivity contribution in [1.29, 1.82) is 0 Å². The summed E-state index contributed by atoms with van der Waals surface area (Å²) in [4.78, 5) is 24.6. The van der Waals surface area contributed by atoms with Gasteiger partial charge in [-0.05, 0) is 26.0 Å². The van der Waals surface area contributed by atoms with Crippen LogP contribution < -0.4 is 5.32 Å². The molecule has 2 fully saturated rings. The highest BCUT2D eigenvalue weighted by Gasteiger charge is 2.58. The zero-order valence-electron chi connectivity index (χ0n) is 13.6. The molecular formula is C17H21NO6. The molecule has 7 heteroatoms. The largest absolute Gasteiger partial charge is 0.456 e. The molecule has 3 N–H and O–H groups in total. The lowest BCUT2D eigenvalue weighted by atomic mass is 9.79. The minimum atomic E-state index is -1.32. The number of nitrogens with one attached hydrogen (secondary N) is 1. The molecule has 1 heterocycles. The fourth-order valence-electron chi connectivity index (χ4n) is 3.34. The molecule has 1 amide bonds. The maximum absolute atomic E-state index is 12.4. The van der Waals surface area contributed by atoms with Crippen molar-refractivity contribution in [1.82, 2.24) is 5.32 Å². The Labute approximate surface area is 139 Å². The molecule has 3 rings (SSSR count). The molecule has 130 valence electrons. The number of ether oxygens (including phenoxy) is 2. The highest BCUT2D eigenvalue weighted by molar-refractivity contribution is 5.90. The number of rotatable bonds is 2. The van der Waals surface area contributed by atoms with Gasteiger partial charge in [0.05, 0.1) is 11.7 Å². The Hall–Kier alpha value is -1.96. The van der Waals surface area contributed by atoms with Crippen LogP contribution in [0.15, 0.2) is 30.3 Å². The fourth-order valence-corrected chi connectivity index (χ4v) is 3.34. The zero-order valence-corrected chi connectivity index (χ0v) is 13.6. The number of hydrogen-bond donors (Lipinski definition) is 3. The second-order valence-electron chi connectivity index (χ2n) is 6.84. The Morgan fingerprint density at radius 1 is 1.25 bits per heavy atom. The summed E-state index contributed by atoms with van der Waals surface area (Å²) in [6, 6.07) is 8.33. The first kappa shape index (κ1) is 16.9. The van der Waals surface area contributed by atoms with Crippen molar-refractivity contribution < 1.29 is 29.3 Å². The maximum Gasteiger partial charge on any atom is 0.338 e. The van der Waals surface area contributed by atoms with Crippen LogP contribution in [0.25, 0.3) is 0 Å². The van der Waals surface area contributed by atoms with Gasteiger partial charge in [0.1, 0.15) is 17.9 Å². The van der Waals surface area contributed by atoms with E-state index in [0.29, 0.717) is 5.56 Å². The van der Waals surface area contributed by atoms with Crippen molar-refractivity contribution in [2.75, 3.05) is 0 Å². The van der Waals surface area contributed by atoms with Gasteiger partial charge in [0.2, 0.25) is 0 Å². The van der Waals surface area contributed by atoms with Crippen LogP contribution in [0, 0.1) is 0 Å². The number of esters is 1. The Morgan fingerprint density at radius 2 is 1.92 bits per heavy atom. The molecule has 1 spiro atoms. The van der Waals surface area contributed by atoms with E-state index in [4.69, 9.17) is 9.47 Å². The van der Waals surface area contributed by atoms with E-state index in [9.17, 15) is 19.8 Å². The predicted molar refractivity (Wildman–Crippen MR) is 82.9 cm³/mol. The number of hydrogen-bond acceptors (Lipinski definition) is 6. The van der Waals surface area contributed by atoms with E-state index in [0.717, 1.165) is 0 Å². The van der Waals surface area contributed by atoms with Gasteiger partial charge in [-0.15, -0.1) is 0 Å². The molecule has 4 atom stereocenters. The summed E-state index contributed by atoms with van der Waals surface area (Å²) in [7, 11) is 0. The van der Waals surface area contributed by atoms with Crippen molar-refractivity contribution in [3.8, 4) is 0 Å². The lowest BCUT2D eigenvalue weighted by molar-refractivity contribution is -0.188. The van der Waals surface area contributed by atoms with Gasteiger partial charge in [-0.3, -0.25) is 4.79 Å². The number of carbonyl (C=O) groups excluding carboxylic acids is 2. The highest BCUT2D eigenvalue weighted by Crippen LogP contribution is 2.40. The van der Waals surface area contributed by atoms with Crippen LogP contribution in [0.2, 0.25) is 0 Å². The van der Waals surface area contributed by atoms with E-state index in [1.807, 2.05) is 0 Å². The van der Waals surface area contributed by atoms with Crippen LogP contribution in [0.4, 0.5) is 0 Å². The first-order chi connectivity index (χ1) is 11.2. The summed E-state index contributed by atoms with van der Waals surface area (Å²) in [6.45, 7) is 3.39. The molecule has 1 aromatic rings. The smallest absolute Gasteiger partial charge is 0.338 e. The minimum absolute atomic E-state index is 0.0148. The topological polar surface area (TPSA) is 105 Å². The van der Waals surface area contributed by atoms with Gasteiger partial charge in [-0.25, -0.2) is 4.79 Å². The van der Waals surface area contributed by atoms with Gasteiger partial charge in [0, 0.05) is 12.8 Å². The monoisotopic (exact) mass is 335 g/mol. The number of benzene rings is 1. The van der Waals surface area contributed by atoms with Gasteiger partial charge in [0.15, 0.2) is 5.60 Å². The van der Waals surface area contributed by atoms with Gasteiger partial charge in [-0.2, -0.15) is 0 Å². The molecule has 2 aliphatic rings. The molecule has 1 aliphatic heterocycles. The second-order valence-corrected chi connectivity index (χ2v) is 6.84. The summed E-state index contributed by atoms with van der Waals surface area (Å²) in [5.41, 5.74) is -1.87. The van der Waals surface area contributed by atoms with Gasteiger partial charge in [-0.1, -0.05) is 18.2 Å². The maximum atomic E-state index is 12.4. The average molecular weight is 335 g/mol. The Balaban J connectivity index is 1.80. The lowest BCUT2D eigenvalue weighted by Crippen LogP contribution is -2.57. The van der Waals surface area contributed by atoms with Crippen molar-refractivity contribution in [2.45, 2.75) is 56.3 Å². The molecule has 0 aromatic heterocycles. The third-order valence-electron chi connectivity index (χ3n) is 4.39. The van der Waals surface area contributed by atoms with Crippen molar-refractivity contribution in [2.24, 2.45) is 0 Å². The summed E-state index contributed by atoms with van der Waals surface area (Å²) in [6.07, 6.45) is -3.61. The van der Waals surface area contributed by atoms with E-state index < -0.39 is 35.6 Å². The SMILES string of the molecule is CC1(C)NC(=O)C2(CC(O)C(O)C(OC(=O)c3ccccc3)C2)O1. The Kier molecular flexibility index (Phi) is 4.11. The molecule has 7 nitrogen and oxygen atoms in total. The van der Waals surface area contributed by atoms with Crippen LogP contribution in [0.3, 0.4) is 0 Å². The molecule has 4 unspecified atom stereocenters. The third-order valence-corrected chi connectivity index (χ3v) is 4.39. The quantitative estimate of drug-likeness (QED) is 0.674. The van der Waals surface area contributed by atoms with Crippen molar-refractivity contribution in [3.63, 3.8) is 0 Å². The zero-order chi connectivity index (χ0) is 17.5. The van der Waals surface area contributed by atoms with Gasteiger partial charge >= 0.3 is 5.97 Å². The molecule has 1 saturated heterocycles. The number of amides is 1. The highest BCUT2D eigenvalue weighted by atomic mass is 16.6. The number of carbonyl (C=O) groups is 2. The number of aliphatic hydroxyl groups is 2. The van der Waals surface area contributed by atoms with E-state index in [2.05, 4.69) is 5.32 Å². The average Bonchev–Trinajstić information content (AvgIpc) is 2.73. The predicted octanol–water partition coefficient (Wildman–Crippen LogP) is 0.349. The lowest BCUT2D eigenvalue weighted by Gasteiger charge is -2.41. The van der Waals surface area contributed by atoms with Crippen LogP contribution in [0.5, 0.6) is 0 Å². The Bertz CT molecular complexity index is 646. The molecule has 1 aliphatic carbocycles. The summed E-state index contributed by atoms with van der Waals surface area (Å²) < 4.78 is 11.2. The van der Waals surface area contributed by atoms with E-state index in [-0.39, 0.29) is 18.7 Å². The molecule has 0 radical (unpaired) electrons. The van der Waals surface area contributed by atoms with Gasteiger partial charge < -0.3 is 25.0 Å². The van der Waals surface area contributed by atoms with Crippen molar-refractivity contribution >= 4 is 11.9 Å². The molecule has 24 heavy (non-hydrogen) atoms. The first-order valence-corrected chi connectivity index (χ1v) is 7.87. The van der Waals surface area contributed by atoms with E-state index >= 15 is 0 Å². The third kappa shape index (κ3) is 3.02.